The first-order valence-electron chi connectivity index (χ1n) is 10.6. The largest absolute Gasteiger partial charge is 0.355 e. The second-order valence-corrected chi connectivity index (χ2v) is 7.81. The average Bonchev–Trinajstić information content (AvgIpc) is 3.29. The topological polar surface area (TPSA) is 62.5 Å². The van der Waals surface area contributed by atoms with E-state index in [9.17, 15) is 4.79 Å². The molecule has 1 saturated heterocycles. The van der Waals surface area contributed by atoms with Gasteiger partial charge in [0, 0.05) is 37.1 Å². The van der Waals surface area contributed by atoms with E-state index in [2.05, 4.69) is 44.9 Å². The van der Waals surface area contributed by atoms with Crippen LogP contribution in [0.15, 0.2) is 60.9 Å². The number of aryl methyl sites for hydroxylation is 1. The van der Waals surface area contributed by atoms with Crippen molar-refractivity contribution in [1.29, 1.82) is 0 Å². The second kappa shape index (κ2) is 7.78. The number of piperidine rings is 1. The number of amides is 1. The second-order valence-electron chi connectivity index (χ2n) is 7.81. The van der Waals surface area contributed by atoms with E-state index >= 15 is 0 Å². The standard InChI is InChI=1S/C24H25N5O/c1-2-17-7-3-4-8-19(17)26-24(30)18-11-15-28(16-12-18)23-21-10-6-14-29(21)20-9-5-13-25-22(20)27-23/h3-10,13-14,18H,2,11-12,15-16H2,1H3,(H,26,30). The lowest BCUT2D eigenvalue weighted by molar-refractivity contribution is -0.120. The van der Waals surface area contributed by atoms with Crippen molar-refractivity contribution in [3.05, 3.63) is 66.5 Å². The van der Waals surface area contributed by atoms with Crippen LogP contribution in [-0.2, 0) is 11.2 Å². The minimum Gasteiger partial charge on any atom is -0.355 e. The fourth-order valence-corrected chi connectivity index (χ4v) is 4.36. The lowest BCUT2D eigenvalue weighted by Crippen LogP contribution is -2.39. The zero-order chi connectivity index (χ0) is 20.5. The summed E-state index contributed by atoms with van der Waals surface area (Å²) in [5, 5.41) is 3.15. The molecular formula is C24H25N5O. The molecule has 5 rings (SSSR count). The van der Waals surface area contributed by atoms with Crippen molar-refractivity contribution >= 4 is 34.1 Å². The lowest BCUT2D eigenvalue weighted by atomic mass is 9.95. The van der Waals surface area contributed by atoms with Crippen molar-refractivity contribution < 1.29 is 4.79 Å². The normalized spacial score (nSPS) is 15.0. The minimum atomic E-state index is 0.0209. The fraction of sp³-hybridized carbons (Fsp3) is 0.292. The van der Waals surface area contributed by atoms with E-state index in [-0.39, 0.29) is 11.8 Å². The summed E-state index contributed by atoms with van der Waals surface area (Å²) >= 11 is 0. The van der Waals surface area contributed by atoms with Crippen LogP contribution in [0.4, 0.5) is 11.5 Å². The van der Waals surface area contributed by atoms with Gasteiger partial charge in [0.1, 0.15) is 0 Å². The maximum absolute atomic E-state index is 12.9. The predicted octanol–water partition coefficient (Wildman–Crippen LogP) is 4.30. The molecule has 1 amide bonds. The maximum Gasteiger partial charge on any atom is 0.227 e. The van der Waals surface area contributed by atoms with Crippen LogP contribution in [0.3, 0.4) is 0 Å². The molecule has 0 atom stereocenters. The van der Waals surface area contributed by atoms with Gasteiger partial charge in [-0.15, -0.1) is 0 Å². The summed E-state index contributed by atoms with van der Waals surface area (Å²) < 4.78 is 2.14. The van der Waals surface area contributed by atoms with Crippen molar-refractivity contribution in [3.63, 3.8) is 0 Å². The number of aromatic nitrogens is 3. The van der Waals surface area contributed by atoms with Gasteiger partial charge in [0.05, 0.1) is 11.0 Å². The molecule has 0 spiro atoms. The molecule has 0 aliphatic carbocycles. The third-order valence-electron chi connectivity index (χ3n) is 6.04. The van der Waals surface area contributed by atoms with E-state index in [1.165, 1.54) is 5.56 Å². The first-order valence-corrected chi connectivity index (χ1v) is 10.6. The number of carbonyl (C=O) groups is 1. The highest BCUT2D eigenvalue weighted by molar-refractivity contribution is 5.93. The Bertz CT molecular complexity index is 1210. The highest BCUT2D eigenvalue weighted by atomic mass is 16.1. The Morgan fingerprint density at radius 1 is 1.07 bits per heavy atom. The molecule has 6 nitrogen and oxygen atoms in total. The number of anilines is 2. The number of nitrogens with zero attached hydrogens (tertiary/aromatic N) is 4. The number of nitrogens with one attached hydrogen (secondary N) is 1. The van der Waals surface area contributed by atoms with Crippen LogP contribution in [0.1, 0.15) is 25.3 Å². The average molecular weight is 399 g/mol. The van der Waals surface area contributed by atoms with E-state index in [1.807, 2.05) is 36.4 Å². The van der Waals surface area contributed by atoms with Gasteiger partial charge in [-0.25, -0.2) is 9.97 Å². The smallest absolute Gasteiger partial charge is 0.227 e. The zero-order valence-electron chi connectivity index (χ0n) is 17.1. The molecule has 1 N–H and O–H groups in total. The number of fused-ring (bicyclic) bond motifs is 3. The van der Waals surface area contributed by atoms with E-state index in [4.69, 9.17) is 4.98 Å². The number of pyridine rings is 1. The van der Waals surface area contributed by atoms with E-state index < -0.39 is 0 Å². The predicted molar refractivity (Wildman–Crippen MR) is 120 cm³/mol. The van der Waals surface area contributed by atoms with Gasteiger partial charge in [-0.1, -0.05) is 25.1 Å². The molecule has 0 unspecified atom stereocenters. The molecule has 0 bridgehead atoms. The molecule has 1 aliphatic heterocycles. The highest BCUT2D eigenvalue weighted by Gasteiger charge is 2.27. The molecule has 1 aromatic carbocycles. The van der Waals surface area contributed by atoms with Gasteiger partial charge in [0.15, 0.2) is 11.5 Å². The van der Waals surface area contributed by atoms with Gasteiger partial charge in [-0.05, 0) is 55.2 Å². The van der Waals surface area contributed by atoms with Crippen LogP contribution in [0.5, 0.6) is 0 Å². The molecular weight excluding hydrogens is 374 g/mol. The van der Waals surface area contributed by atoms with Crippen molar-refractivity contribution in [2.24, 2.45) is 5.92 Å². The minimum absolute atomic E-state index is 0.0209. The monoisotopic (exact) mass is 399 g/mol. The van der Waals surface area contributed by atoms with Gasteiger partial charge in [-0.3, -0.25) is 4.79 Å². The molecule has 6 heteroatoms. The molecule has 1 fully saturated rings. The third kappa shape index (κ3) is 3.28. The Hall–Kier alpha value is -3.41. The van der Waals surface area contributed by atoms with Crippen LogP contribution in [0, 0.1) is 5.92 Å². The van der Waals surface area contributed by atoms with Crippen LogP contribution in [0.25, 0.3) is 16.7 Å². The van der Waals surface area contributed by atoms with E-state index in [1.54, 1.807) is 6.20 Å². The summed E-state index contributed by atoms with van der Waals surface area (Å²) in [6.45, 7) is 3.72. The van der Waals surface area contributed by atoms with Gasteiger partial charge >= 0.3 is 0 Å². The summed E-state index contributed by atoms with van der Waals surface area (Å²) in [5.41, 5.74) is 4.93. The summed E-state index contributed by atoms with van der Waals surface area (Å²) in [6, 6.07) is 16.1. The third-order valence-corrected chi connectivity index (χ3v) is 6.04. The van der Waals surface area contributed by atoms with Crippen LogP contribution < -0.4 is 10.2 Å². The number of carbonyl (C=O) groups excluding carboxylic acids is 1. The lowest BCUT2D eigenvalue weighted by Gasteiger charge is -2.32. The molecule has 1 aliphatic rings. The first kappa shape index (κ1) is 18.6. The Kier molecular flexibility index (Phi) is 4.83. The van der Waals surface area contributed by atoms with Crippen molar-refractivity contribution in [2.45, 2.75) is 26.2 Å². The molecule has 0 saturated carbocycles. The molecule has 4 heterocycles. The van der Waals surface area contributed by atoms with Gasteiger partial charge in [0.25, 0.3) is 0 Å². The molecule has 4 aromatic rings. The van der Waals surface area contributed by atoms with Crippen LogP contribution >= 0.6 is 0 Å². The Morgan fingerprint density at radius 2 is 1.87 bits per heavy atom. The Balaban J connectivity index is 1.33. The van der Waals surface area contributed by atoms with Gasteiger partial charge in [0.2, 0.25) is 5.91 Å². The SMILES string of the molecule is CCc1ccccc1NC(=O)C1CCN(c2nc3ncccc3n3cccc23)CC1. The number of para-hydroxylation sites is 1. The van der Waals surface area contributed by atoms with Gasteiger partial charge in [-0.2, -0.15) is 0 Å². The van der Waals surface area contributed by atoms with Gasteiger partial charge < -0.3 is 14.6 Å². The number of hydrogen-bond acceptors (Lipinski definition) is 4. The zero-order valence-corrected chi connectivity index (χ0v) is 17.1. The summed E-state index contributed by atoms with van der Waals surface area (Å²) in [4.78, 5) is 24.5. The number of hydrogen-bond donors (Lipinski definition) is 1. The van der Waals surface area contributed by atoms with Crippen molar-refractivity contribution in [3.8, 4) is 0 Å². The molecule has 30 heavy (non-hydrogen) atoms. The first-order chi connectivity index (χ1) is 14.7. The summed E-state index contributed by atoms with van der Waals surface area (Å²) in [5.74, 6) is 1.09. The Labute approximate surface area is 175 Å². The summed E-state index contributed by atoms with van der Waals surface area (Å²) in [6.07, 6.45) is 6.36. The van der Waals surface area contributed by atoms with Crippen LogP contribution in [-0.4, -0.2) is 33.4 Å². The van der Waals surface area contributed by atoms with Crippen molar-refractivity contribution in [2.75, 3.05) is 23.3 Å². The maximum atomic E-state index is 12.9. The molecule has 152 valence electrons. The fourth-order valence-electron chi connectivity index (χ4n) is 4.36. The van der Waals surface area contributed by atoms with E-state index in [0.717, 1.165) is 60.5 Å². The van der Waals surface area contributed by atoms with Crippen LogP contribution in [0.2, 0.25) is 0 Å². The Morgan fingerprint density at radius 3 is 2.70 bits per heavy atom. The molecule has 3 aromatic heterocycles. The number of benzene rings is 1. The number of rotatable bonds is 4. The highest BCUT2D eigenvalue weighted by Crippen LogP contribution is 2.29. The molecule has 0 radical (unpaired) electrons. The quantitative estimate of drug-likeness (QED) is 0.556. The van der Waals surface area contributed by atoms with E-state index in [0.29, 0.717) is 0 Å². The summed E-state index contributed by atoms with van der Waals surface area (Å²) in [7, 11) is 0. The van der Waals surface area contributed by atoms with Crippen molar-refractivity contribution in [1.82, 2.24) is 14.4 Å².